The lowest BCUT2D eigenvalue weighted by atomic mass is 10.1. The van der Waals surface area contributed by atoms with Gasteiger partial charge in [0, 0.05) is 26.2 Å². The van der Waals surface area contributed by atoms with Crippen molar-refractivity contribution in [3.63, 3.8) is 0 Å². The Balaban J connectivity index is 4.01. The quantitative estimate of drug-likeness (QED) is 0.0394. The van der Waals surface area contributed by atoms with Gasteiger partial charge in [-0.25, -0.2) is 0 Å². The van der Waals surface area contributed by atoms with Gasteiger partial charge >= 0.3 is 5.97 Å². The number of ether oxygens (including phenoxy) is 3. The van der Waals surface area contributed by atoms with Crippen molar-refractivity contribution < 1.29 is 24.1 Å². The van der Waals surface area contributed by atoms with Crippen LogP contribution in [0.4, 0.5) is 0 Å². The molecule has 6 heteroatoms. The van der Waals surface area contributed by atoms with E-state index in [0.717, 1.165) is 84.2 Å². The highest BCUT2D eigenvalue weighted by atomic mass is 16.7. The highest BCUT2D eigenvalue weighted by Gasteiger charge is 2.11. The molecule has 1 atom stereocenters. The molecule has 0 bridgehead atoms. The minimum Gasteiger partial charge on any atom is -0.463 e. The summed E-state index contributed by atoms with van der Waals surface area (Å²) in [7, 11) is 0. The normalized spacial score (nSPS) is 12.4. The molecule has 0 spiro atoms. The van der Waals surface area contributed by atoms with Crippen LogP contribution in [-0.4, -0.2) is 67.8 Å². The molecule has 0 heterocycles. The van der Waals surface area contributed by atoms with Crippen LogP contribution in [0.2, 0.25) is 0 Å². The number of carbonyl (C=O) groups is 1. The van der Waals surface area contributed by atoms with E-state index in [1.165, 1.54) is 128 Å². The van der Waals surface area contributed by atoms with E-state index < -0.39 is 0 Å². The lowest BCUT2D eigenvalue weighted by Gasteiger charge is -2.21. The zero-order chi connectivity index (χ0) is 35.2. The molecular weight excluding hydrogens is 598 g/mol. The molecule has 0 aliphatic rings. The van der Waals surface area contributed by atoms with Crippen molar-refractivity contribution in [2.24, 2.45) is 0 Å². The van der Waals surface area contributed by atoms with Gasteiger partial charge in [-0.2, -0.15) is 0 Å². The Morgan fingerprint density at radius 1 is 0.521 bits per heavy atom. The summed E-state index contributed by atoms with van der Waals surface area (Å²) >= 11 is 0. The Kier molecular flexibility index (Phi) is 38.5. The fourth-order valence-electron chi connectivity index (χ4n) is 6.40. The number of esters is 1. The van der Waals surface area contributed by atoms with Crippen LogP contribution < -0.4 is 0 Å². The van der Waals surface area contributed by atoms with E-state index in [1.54, 1.807) is 0 Å². The van der Waals surface area contributed by atoms with E-state index in [1.807, 2.05) is 6.92 Å². The number of hydrogen-bond acceptors (Lipinski definition) is 6. The Hall–Kier alpha value is -0.690. The summed E-state index contributed by atoms with van der Waals surface area (Å²) in [5.41, 5.74) is 0. The molecule has 0 fully saturated rings. The molecule has 1 N–H and O–H groups in total. The van der Waals surface area contributed by atoms with E-state index in [9.17, 15) is 9.90 Å². The second-order valence-corrected chi connectivity index (χ2v) is 14.5. The summed E-state index contributed by atoms with van der Waals surface area (Å²) in [5, 5.41) is 9.56. The van der Waals surface area contributed by atoms with Gasteiger partial charge in [0.2, 0.25) is 0 Å². The second-order valence-electron chi connectivity index (χ2n) is 14.5. The standard InChI is InChI=1S/C42H85NO5/c1-5-8-11-14-22-29-38-46-42(47-39-30-23-15-12-9-6-2)33-26-19-17-21-28-35-43(36-37-44)34-27-20-16-18-25-32-41(45)48-40(4)31-24-13-10-7-3/h40,42,44H,5-39H2,1-4H3. The van der Waals surface area contributed by atoms with Gasteiger partial charge < -0.3 is 24.2 Å². The number of aliphatic hydroxyl groups excluding tert-OH is 1. The first kappa shape index (κ1) is 47.3. The van der Waals surface area contributed by atoms with Crippen molar-refractivity contribution in [2.75, 3.05) is 39.5 Å². The average molecular weight is 684 g/mol. The van der Waals surface area contributed by atoms with Crippen LogP contribution in [0, 0.1) is 0 Å². The Bertz CT molecular complexity index is 615. The van der Waals surface area contributed by atoms with E-state index in [0.29, 0.717) is 6.42 Å². The van der Waals surface area contributed by atoms with E-state index in [-0.39, 0.29) is 25.0 Å². The highest BCUT2D eigenvalue weighted by molar-refractivity contribution is 5.69. The molecule has 0 aromatic carbocycles. The first-order valence-electron chi connectivity index (χ1n) is 21.3. The molecule has 0 rings (SSSR count). The predicted molar refractivity (Wildman–Crippen MR) is 206 cm³/mol. The number of rotatable bonds is 40. The van der Waals surface area contributed by atoms with Gasteiger partial charge in [0.25, 0.3) is 0 Å². The molecule has 0 saturated heterocycles. The van der Waals surface area contributed by atoms with Gasteiger partial charge in [-0.1, -0.05) is 143 Å². The maximum absolute atomic E-state index is 12.1. The minimum atomic E-state index is -0.0287. The molecule has 0 aromatic rings. The van der Waals surface area contributed by atoms with Crippen LogP contribution in [0.3, 0.4) is 0 Å². The lowest BCUT2D eigenvalue weighted by Crippen LogP contribution is -2.29. The number of hydrogen-bond donors (Lipinski definition) is 1. The van der Waals surface area contributed by atoms with E-state index in [2.05, 4.69) is 25.7 Å². The third-order valence-electron chi connectivity index (χ3n) is 9.59. The molecule has 0 saturated carbocycles. The van der Waals surface area contributed by atoms with Gasteiger partial charge in [0.05, 0.1) is 12.7 Å². The third-order valence-corrected chi connectivity index (χ3v) is 9.59. The maximum atomic E-state index is 12.1. The maximum Gasteiger partial charge on any atom is 0.306 e. The van der Waals surface area contributed by atoms with Gasteiger partial charge in [-0.3, -0.25) is 4.79 Å². The van der Waals surface area contributed by atoms with Crippen molar-refractivity contribution in [2.45, 2.75) is 226 Å². The van der Waals surface area contributed by atoms with Crippen molar-refractivity contribution in [1.82, 2.24) is 4.90 Å². The van der Waals surface area contributed by atoms with Gasteiger partial charge in [0.15, 0.2) is 6.29 Å². The molecule has 0 aliphatic carbocycles. The predicted octanol–water partition coefficient (Wildman–Crippen LogP) is 11.9. The second kappa shape index (κ2) is 39.1. The van der Waals surface area contributed by atoms with E-state index in [4.69, 9.17) is 14.2 Å². The summed E-state index contributed by atoms with van der Waals surface area (Å²) in [4.78, 5) is 14.5. The summed E-state index contributed by atoms with van der Waals surface area (Å²) in [6.07, 6.45) is 34.6. The molecule has 0 aromatic heterocycles. The number of carbonyl (C=O) groups excluding carboxylic acids is 1. The monoisotopic (exact) mass is 684 g/mol. The summed E-state index contributed by atoms with van der Waals surface area (Å²) in [6, 6.07) is 0. The Morgan fingerprint density at radius 3 is 1.46 bits per heavy atom. The van der Waals surface area contributed by atoms with Crippen LogP contribution >= 0.6 is 0 Å². The number of unbranched alkanes of at least 4 members (excludes halogenated alkanes) is 21. The van der Waals surface area contributed by atoms with Crippen LogP contribution in [0.25, 0.3) is 0 Å². The van der Waals surface area contributed by atoms with Crippen LogP contribution in [0.5, 0.6) is 0 Å². The largest absolute Gasteiger partial charge is 0.463 e. The van der Waals surface area contributed by atoms with Crippen molar-refractivity contribution >= 4 is 5.97 Å². The molecule has 1 unspecified atom stereocenters. The smallest absolute Gasteiger partial charge is 0.306 e. The fraction of sp³-hybridized carbons (Fsp3) is 0.976. The highest BCUT2D eigenvalue weighted by Crippen LogP contribution is 2.15. The molecule has 48 heavy (non-hydrogen) atoms. The van der Waals surface area contributed by atoms with Gasteiger partial charge in [0.1, 0.15) is 0 Å². The zero-order valence-corrected chi connectivity index (χ0v) is 32.9. The molecule has 6 nitrogen and oxygen atoms in total. The summed E-state index contributed by atoms with van der Waals surface area (Å²) in [5.74, 6) is -0.0272. The number of nitrogens with zero attached hydrogens (tertiary/aromatic N) is 1. The first-order chi connectivity index (χ1) is 23.6. The average Bonchev–Trinajstić information content (AvgIpc) is 3.07. The SMILES string of the molecule is CCCCCCCCOC(CCCCCCCN(CCO)CCCCCCCC(=O)OC(C)CCCCCC)OCCCCCCCC. The van der Waals surface area contributed by atoms with E-state index >= 15 is 0 Å². The number of aliphatic hydroxyl groups is 1. The van der Waals surface area contributed by atoms with Gasteiger partial charge in [-0.05, 0) is 77.8 Å². The molecule has 288 valence electrons. The van der Waals surface area contributed by atoms with Crippen molar-refractivity contribution in [1.29, 1.82) is 0 Å². The third kappa shape index (κ3) is 35.1. The summed E-state index contributed by atoms with van der Waals surface area (Å²) < 4.78 is 18.0. The van der Waals surface area contributed by atoms with Gasteiger partial charge in [-0.15, -0.1) is 0 Å². The minimum absolute atomic E-state index is 0.0272. The Labute approximate surface area is 300 Å². The zero-order valence-electron chi connectivity index (χ0n) is 32.9. The van der Waals surface area contributed by atoms with Crippen molar-refractivity contribution in [3.8, 4) is 0 Å². The summed E-state index contributed by atoms with van der Waals surface area (Å²) in [6.45, 7) is 13.6. The molecule has 0 radical (unpaired) electrons. The molecular formula is C42H85NO5. The lowest BCUT2D eigenvalue weighted by molar-refractivity contribution is -0.148. The Morgan fingerprint density at radius 2 is 0.938 bits per heavy atom. The van der Waals surface area contributed by atoms with Crippen molar-refractivity contribution in [3.05, 3.63) is 0 Å². The topological polar surface area (TPSA) is 68.2 Å². The fourth-order valence-corrected chi connectivity index (χ4v) is 6.40. The van der Waals surface area contributed by atoms with Crippen LogP contribution in [0.15, 0.2) is 0 Å². The molecule has 0 aliphatic heterocycles. The first-order valence-corrected chi connectivity index (χ1v) is 21.3. The van der Waals surface area contributed by atoms with Crippen LogP contribution in [-0.2, 0) is 19.0 Å². The molecule has 0 amide bonds. The van der Waals surface area contributed by atoms with Crippen LogP contribution in [0.1, 0.15) is 214 Å².